The molecule has 2 aromatic rings. The highest BCUT2D eigenvalue weighted by atomic mass is 32.2. The Morgan fingerprint density at radius 1 is 0.967 bits per heavy atom. The molecule has 2 fully saturated rings. The van der Waals surface area contributed by atoms with E-state index < -0.39 is 16.6 Å². The summed E-state index contributed by atoms with van der Waals surface area (Å²) in [5.74, 6) is 0.661. The Bertz CT molecular complexity index is 948. The van der Waals surface area contributed by atoms with Gasteiger partial charge in [0.05, 0.1) is 12.1 Å². The number of aromatic nitrogens is 1. The molecule has 0 atom stereocenters. The van der Waals surface area contributed by atoms with Crippen LogP contribution in [0.2, 0.25) is 0 Å². The summed E-state index contributed by atoms with van der Waals surface area (Å²) < 4.78 is 62.4. The van der Waals surface area contributed by atoms with Gasteiger partial charge in [0.2, 0.25) is 0 Å². The molecule has 2 aliphatic heterocycles. The first kappa shape index (κ1) is 21.5. The lowest BCUT2D eigenvalue weighted by Crippen LogP contribution is -2.48. The monoisotopic (exact) mass is 441 g/mol. The van der Waals surface area contributed by atoms with E-state index in [0.29, 0.717) is 50.3 Å². The minimum Gasteiger partial charge on any atom is -0.490 e. The van der Waals surface area contributed by atoms with Gasteiger partial charge >= 0.3 is 0 Å². The zero-order valence-electron chi connectivity index (χ0n) is 17.1. The summed E-state index contributed by atoms with van der Waals surface area (Å²) in [6.07, 6.45) is 4.40. The first-order valence-corrected chi connectivity index (χ1v) is 12.1. The highest BCUT2D eigenvalue weighted by Gasteiger charge is 2.33. The van der Waals surface area contributed by atoms with Crippen LogP contribution in [-0.4, -0.2) is 60.3 Å². The molecular weight excluding hydrogens is 412 g/mol. The number of fused-ring (bicyclic) bond motifs is 1. The lowest BCUT2D eigenvalue weighted by Gasteiger charge is -2.34. The van der Waals surface area contributed by atoms with Crippen molar-refractivity contribution < 1.29 is 21.9 Å². The molecule has 0 aliphatic carbocycles. The van der Waals surface area contributed by atoms with Crippen LogP contribution in [0.15, 0.2) is 30.5 Å². The topological polar surface area (TPSA) is 54.8 Å². The number of ether oxygens (including phenoxy) is 1. The number of alkyl halides is 2. The molecule has 1 aromatic carbocycles. The van der Waals surface area contributed by atoms with Crippen LogP contribution in [0, 0.1) is 0 Å². The van der Waals surface area contributed by atoms with Gasteiger partial charge in [0.1, 0.15) is 11.9 Å². The molecule has 0 spiro atoms. The van der Waals surface area contributed by atoms with E-state index in [0.717, 1.165) is 31.1 Å². The van der Waals surface area contributed by atoms with Crippen LogP contribution in [-0.2, 0) is 16.8 Å². The van der Waals surface area contributed by atoms with Gasteiger partial charge in [-0.1, -0.05) is 18.9 Å². The largest absolute Gasteiger partial charge is 0.490 e. The average molecular weight is 442 g/mol. The second-order valence-electron chi connectivity index (χ2n) is 8.09. The van der Waals surface area contributed by atoms with Gasteiger partial charge in [-0.2, -0.15) is 17.0 Å². The maximum Gasteiger partial charge on any atom is 0.281 e. The van der Waals surface area contributed by atoms with Gasteiger partial charge in [-0.25, -0.2) is 8.78 Å². The zero-order chi connectivity index (χ0) is 21.1. The average Bonchev–Trinajstić information content (AvgIpc) is 2.94. The molecule has 0 amide bonds. The zero-order valence-corrected chi connectivity index (χ0v) is 17.9. The van der Waals surface area contributed by atoms with Crippen molar-refractivity contribution in [3.05, 3.63) is 30.5 Å². The van der Waals surface area contributed by atoms with E-state index in [2.05, 4.69) is 0 Å². The van der Waals surface area contributed by atoms with Crippen molar-refractivity contribution in [1.82, 2.24) is 13.2 Å². The molecule has 3 heterocycles. The second kappa shape index (κ2) is 9.20. The van der Waals surface area contributed by atoms with Crippen LogP contribution in [0.4, 0.5) is 8.78 Å². The van der Waals surface area contributed by atoms with E-state index in [9.17, 15) is 17.2 Å². The summed E-state index contributed by atoms with van der Waals surface area (Å²) in [5, 5.41) is 0.803. The number of benzene rings is 1. The molecule has 1 aromatic heterocycles. The quantitative estimate of drug-likeness (QED) is 0.684. The van der Waals surface area contributed by atoms with Gasteiger partial charge in [-0.05, 0) is 43.9 Å². The number of rotatable bonds is 6. The lowest BCUT2D eigenvalue weighted by atomic mass is 10.1. The summed E-state index contributed by atoms with van der Waals surface area (Å²) in [6, 6.07) is 7.25. The van der Waals surface area contributed by atoms with E-state index in [1.54, 1.807) is 33.0 Å². The Morgan fingerprint density at radius 2 is 1.63 bits per heavy atom. The normalized spacial score (nSPS) is 20.6. The second-order valence-corrected chi connectivity index (χ2v) is 10.0. The molecule has 2 saturated heterocycles. The van der Waals surface area contributed by atoms with Crippen molar-refractivity contribution in [2.75, 3.05) is 26.2 Å². The molecule has 4 rings (SSSR count). The molecule has 9 heteroatoms. The van der Waals surface area contributed by atoms with E-state index in [1.807, 2.05) is 6.07 Å². The fourth-order valence-corrected chi connectivity index (χ4v) is 6.12. The van der Waals surface area contributed by atoms with Crippen LogP contribution in [0.1, 0.15) is 38.5 Å². The summed E-state index contributed by atoms with van der Waals surface area (Å²) >= 11 is 0. The Balaban J connectivity index is 1.40. The van der Waals surface area contributed by atoms with E-state index in [-0.39, 0.29) is 12.6 Å². The Hall–Kier alpha value is -1.71. The van der Waals surface area contributed by atoms with Crippen LogP contribution in [0.25, 0.3) is 10.9 Å². The number of hydrogen-bond donors (Lipinski definition) is 0. The van der Waals surface area contributed by atoms with Gasteiger partial charge in [0.25, 0.3) is 16.6 Å². The maximum absolute atomic E-state index is 13.0. The molecule has 0 saturated carbocycles. The number of piperidine rings is 1. The highest BCUT2D eigenvalue weighted by Crippen LogP contribution is 2.30. The summed E-state index contributed by atoms with van der Waals surface area (Å²) in [7, 11) is -3.41. The van der Waals surface area contributed by atoms with Crippen LogP contribution < -0.4 is 4.74 Å². The third-order valence-corrected chi connectivity index (χ3v) is 8.06. The van der Waals surface area contributed by atoms with Gasteiger partial charge in [-0.15, -0.1) is 0 Å². The minimum atomic E-state index is -3.41. The summed E-state index contributed by atoms with van der Waals surface area (Å²) in [4.78, 5) is 0. The third kappa shape index (κ3) is 4.63. The predicted octanol–water partition coefficient (Wildman–Crippen LogP) is 3.87. The SMILES string of the molecule is O=S(=O)(N1CCCCCC1)N1CCC(Oc2cccc3c2ccn3CC(F)F)CC1. The minimum absolute atomic E-state index is 0.0929. The molecule has 0 N–H and O–H groups in total. The fraction of sp³-hybridized carbons (Fsp3) is 0.619. The van der Waals surface area contributed by atoms with Crippen LogP contribution >= 0.6 is 0 Å². The van der Waals surface area contributed by atoms with Crippen molar-refractivity contribution in [1.29, 1.82) is 0 Å². The van der Waals surface area contributed by atoms with Crippen molar-refractivity contribution in [3.8, 4) is 5.75 Å². The molecule has 2 aliphatic rings. The Morgan fingerprint density at radius 3 is 2.30 bits per heavy atom. The van der Waals surface area contributed by atoms with Gasteiger partial charge < -0.3 is 9.30 Å². The molecule has 30 heavy (non-hydrogen) atoms. The first-order chi connectivity index (χ1) is 14.4. The standard InChI is InChI=1S/C21H29F2N3O3S/c22-21(23)16-24-13-10-18-19(24)6-5-7-20(18)29-17-8-14-26(15-9-17)30(27,28)25-11-3-1-2-4-12-25/h5-7,10,13,17,21H,1-4,8-9,11-12,14-16H2. The van der Waals surface area contributed by atoms with Crippen molar-refractivity contribution >= 4 is 21.1 Å². The third-order valence-electron chi connectivity index (χ3n) is 6.02. The van der Waals surface area contributed by atoms with E-state index in [1.165, 1.54) is 4.57 Å². The molecular formula is C21H29F2N3O3S. The van der Waals surface area contributed by atoms with Crippen LogP contribution in [0.3, 0.4) is 0 Å². The summed E-state index contributed by atoms with van der Waals surface area (Å²) in [6.45, 7) is 1.74. The Kier molecular flexibility index (Phi) is 6.60. The lowest BCUT2D eigenvalue weighted by molar-refractivity contribution is 0.128. The molecule has 166 valence electrons. The number of nitrogens with zero attached hydrogens (tertiary/aromatic N) is 3. The first-order valence-electron chi connectivity index (χ1n) is 10.7. The smallest absolute Gasteiger partial charge is 0.281 e. The van der Waals surface area contributed by atoms with Gasteiger partial charge in [-0.3, -0.25) is 0 Å². The van der Waals surface area contributed by atoms with E-state index >= 15 is 0 Å². The summed E-state index contributed by atoms with van der Waals surface area (Å²) in [5.41, 5.74) is 0.717. The van der Waals surface area contributed by atoms with Crippen molar-refractivity contribution in [2.45, 2.75) is 57.6 Å². The van der Waals surface area contributed by atoms with Gasteiger partial charge in [0.15, 0.2) is 0 Å². The molecule has 0 radical (unpaired) electrons. The van der Waals surface area contributed by atoms with Gasteiger partial charge in [0, 0.05) is 37.8 Å². The maximum atomic E-state index is 13.0. The van der Waals surface area contributed by atoms with E-state index in [4.69, 9.17) is 4.74 Å². The number of hydrogen-bond acceptors (Lipinski definition) is 3. The fourth-order valence-electron chi connectivity index (χ4n) is 4.40. The molecule has 0 bridgehead atoms. The Labute approximate surface area is 176 Å². The van der Waals surface area contributed by atoms with Crippen LogP contribution in [0.5, 0.6) is 5.75 Å². The van der Waals surface area contributed by atoms with Crippen molar-refractivity contribution in [3.63, 3.8) is 0 Å². The molecule has 6 nitrogen and oxygen atoms in total. The van der Waals surface area contributed by atoms with Crippen molar-refractivity contribution in [2.24, 2.45) is 0 Å². The number of halogens is 2. The molecule has 0 unspecified atom stereocenters. The highest BCUT2D eigenvalue weighted by molar-refractivity contribution is 7.86. The predicted molar refractivity (Wildman–Crippen MR) is 112 cm³/mol.